The maximum absolute atomic E-state index is 12.1. The van der Waals surface area contributed by atoms with Gasteiger partial charge in [0, 0.05) is 25.6 Å². The Morgan fingerprint density at radius 3 is 2.81 bits per heavy atom. The van der Waals surface area contributed by atoms with Crippen molar-refractivity contribution in [2.24, 2.45) is 5.92 Å². The first-order chi connectivity index (χ1) is 9.95. The summed E-state index contributed by atoms with van der Waals surface area (Å²) >= 11 is 0. The highest BCUT2D eigenvalue weighted by molar-refractivity contribution is 5.92. The number of carboxylic acids is 1. The number of nitrogens with zero attached hydrogens (tertiary/aromatic N) is 1. The molecular formula is C17H21NO3. The summed E-state index contributed by atoms with van der Waals surface area (Å²) in [5.41, 5.74) is 3.38. The topological polar surface area (TPSA) is 57.6 Å². The zero-order valence-corrected chi connectivity index (χ0v) is 12.5. The molecule has 0 bridgehead atoms. The van der Waals surface area contributed by atoms with Gasteiger partial charge in [0.1, 0.15) is 0 Å². The van der Waals surface area contributed by atoms with Gasteiger partial charge in [0.15, 0.2) is 0 Å². The molecule has 1 heterocycles. The fourth-order valence-electron chi connectivity index (χ4n) is 2.73. The summed E-state index contributed by atoms with van der Waals surface area (Å²) in [6.07, 6.45) is 4.34. The van der Waals surface area contributed by atoms with Crippen LogP contribution >= 0.6 is 0 Å². The van der Waals surface area contributed by atoms with Crippen molar-refractivity contribution in [3.63, 3.8) is 0 Å². The van der Waals surface area contributed by atoms with Gasteiger partial charge >= 0.3 is 5.97 Å². The number of hydrogen-bond donors (Lipinski definition) is 1. The Morgan fingerprint density at radius 1 is 1.38 bits per heavy atom. The number of amides is 1. The third kappa shape index (κ3) is 4.18. The number of carbonyl (C=O) groups is 2. The van der Waals surface area contributed by atoms with E-state index < -0.39 is 5.97 Å². The fraction of sp³-hybridized carbons (Fsp3) is 0.412. The van der Waals surface area contributed by atoms with Gasteiger partial charge in [0.25, 0.3) is 0 Å². The summed E-state index contributed by atoms with van der Waals surface area (Å²) in [5, 5.41) is 8.79. The van der Waals surface area contributed by atoms with Crippen LogP contribution in [0.3, 0.4) is 0 Å². The predicted molar refractivity (Wildman–Crippen MR) is 81.9 cm³/mol. The Bertz CT molecular complexity index is 577. The minimum absolute atomic E-state index is 0.0390. The smallest absolute Gasteiger partial charge is 0.303 e. The number of hydrogen-bond acceptors (Lipinski definition) is 2. The summed E-state index contributed by atoms with van der Waals surface area (Å²) in [5.74, 6) is -0.746. The van der Waals surface area contributed by atoms with Crippen LogP contribution in [0.25, 0.3) is 6.08 Å². The van der Waals surface area contributed by atoms with E-state index in [9.17, 15) is 9.59 Å². The molecule has 0 radical (unpaired) electrons. The lowest BCUT2D eigenvalue weighted by molar-refractivity contribution is -0.138. The molecule has 1 amide bonds. The van der Waals surface area contributed by atoms with Gasteiger partial charge in [-0.3, -0.25) is 9.59 Å². The van der Waals surface area contributed by atoms with Gasteiger partial charge < -0.3 is 10.0 Å². The predicted octanol–water partition coefficient (Wildman–Crippen LogP) is 2.64. The molecule has 0 spiro atoms. The quantitative estimate of drug-likeness (QED) is 0.866. The average molecular weight is 287 g/mol. The summed E-state index contributed by atoms with van der Waals surface area (Å²) in [6, 6.07) is 6.12. The van der Waals surface area contributed by atoms with Crippen LogP contribution in [-0.4, -0.2) is 35.0 Å². The number of benzene rings is 1. The highest BCUT2D eigenvalue weighted by Gasteiger charge is 2.26. The molecule has 0 aromatic heterocycles. The molecule has 112 valence electrons. The van der Waals surface area contributed by atoms with E-state index >= 15 is 0 Å². The summed E-state index contributed by atoms with van der Waals surface area (Å²) in [7, 11) is 0. The van der Waals surface area contributed by atoms with Crippen molar-refractivity contribution >= 4 is 18.0 Å². The van der Waals surface area contributed by atoms with Gasteiger partial charge in [-0.15, -0.1) is 0 Å². The van der Waals surface area contributed by atoms with E-state index in [4.69, 9.17) is 5.11 Å². The maximum atomic E-state index is 12.1. The van der Waals surface area contributed by atoms with Crippen molar-refractivity contribution in [2.45, 2.75) is 26.7 Å². The molecule has 1 N–H and O–H groups in total. The van der Waals surface area contributed by atoms with E-state index in [0.717, 1.165) is 17.5 Å². The summed E-state index contributed by atoms with van der Waals surface area (Å²) < 4.78 is 0. The van der Waals surface area contributed by atoms with Crippen LogP contribution in [-0.2, 0) is 9.59 Å². The number of carboxylic acid groups (broad SMARTS) is 1. The maximum Gasteiger partial charge on any atom is 0.303 e. The van der Waals surface area contributed by atoms with Gasteiger partial charge in [-0.1, -0.05) is 23.8 Å². The molecule has 0 saturated carbocycles. The normalized spacial score (nSPS) is 18.4. The fourth-order valence-corrected chi connectivity index (χ4v) is 2.73. The number of aliphatic carboxylic acids is 1. The molecule has 1 atom stereocenters. The second kappa shape index (κ2) is 6.57. The largest absolute Gasteiger partial charge is 0.481 e. The number of rotatable bonds is 4. The average Bonchev–Trinajstić information content (AvgIpc) is 2.85. The molecule has 4 heteroatoms. The zero-order chi connectivity index (χ0) is 15.4. The van der Waals surface area contributed by atoms with Crippen molar-refractivity contribution in [2.75, 3.05) is 13.1 Å². The molecule has 21 heavy (non-hydrogen) atoms. The van der Waals surface area contributed by atoms with Gasteiger partial charge in [-0.05, 0) is 43.4 Å². The van der Waals surface area contributed by atoms with Crippen molar-refractivity contribution in [1.82, 2.24) is 4.90 Å². The van der Waals surface area contributed by atoms with E-state index in [2.05, 4.69) is 6.07 Å². The van der Waals surface area contributed by atoms with Crippen LogP contribution in [0, 0.1) is 19.8 Å². The van der Waals surface area contributed by atoms with Crippen LogP contribution in [0.5, 0.6) is 0 Å². The Morgan fingerprint density at radius 2 is 2.14 bits per heavy atom. The SMILES string of the molecule is Cc1ccc(C=CC(=O)N2CCC(CC(=O)O)C2)c(C)c1. The minimum atomic E-state index is -0.792. The van der Waals surface area contributed by atoms with Crippen molar-refractivity contribution < 1.29 is 14.7 Å². The minimum Gasteiger partial charge on any atom is -0.481 e. The molecule has 1 saturated heterocycles. The summed E-state index contributed by atoms with van der Waals surface area (Å²) in [4.78, 5) is 24.5. The molecule has 1 aromatic carbocycles. The lowest BCUT2D eigenvalue weighted by atomic mass is 10.1. The second-order valence-electron chi connectivity index (χ2n) is 5.73. The van der Waals surface area contributed by atoms with Crippen molar-refractivity contribution in [3.05, 3.63) is 41.0 Å². The van der Waals surface area contributed by atoms with Crippen LogP contribution < -0.4 is 0 Å². The van der Waals surface area contributed by atoms with Crippen molar-refractivity contribution in [3.8, 4) is 0 Å². The van der Waals surface area contributed by atoms with E-state index in [1.807, 2.05) is 32.1 Å². The molecular weight excluding hydrogens is 266 g/mol. The molecule has 2 rings (SSSR count). The monoisotopic (exact) mass is 287 g/mol. The zero-order valence-electron chi connectivity index (χ0n) is 12.5. The summed E-state index contributed by atoms with van der Waals surface area (Å²) in [6.45, 7) is 5.25. The van der Waals surface area contributed by atoms with Gasteiger partial charge in [-0.25, -0.2) is 0 Å². The van der Waals surface area contributed by atoms with E-state index in [1.54, 1.807) is 11.0 Å². The van der Waals surface area contributed by atoms with E-state index in [1.165, 1.54) is 5.56 Å². The van der Waals surface area contributed by atoms with Gasteiger partial charge in [0.2, 0.25) is 5.91 Å². The van der Waals surface area contributed by atoms with Crippen LogP contribution in [0.15, 0.2) is 24.3 Å². The first-order valence-corrected chi connectivity index (χ1v) is 7.21. The third-order valence-corrected chi connectivity index (χ3v) is 3.89. The highest BCUT2D eigenvalue weighted by Crippen LogP contribution is 2.20. The lowest BCUT2D eigenvalue weighted by Gasteiger charge is -2.13. The van der Waals surface area contributed by atoms with Gasteiger partial charge in [0.05, 0.1) is 0 Å². The molecule has 4 nitrogen and oxygen atoms in total. The second-order valence-corrected chi connectivity index (χ2v) is 5.73. The molecule has 0 aliphatic carbocycles. The Kier molecular flexibility index (Phi) is 4.78. The molecule has 1 aromatic rings. The van der Waals surface area contributed by atoms with Crippen LogP contribution in [0.1, 0.15) is 29.5 Å². The van der Waals surface area contributed by atoms with Crippen LogP contribution in [0.2, 0.25) is 0 Å². The van der Waals surface area contributed by atoms with Gasteiger partial charge in [-0.2, -0.15) is 0 Å². The molecule has 1 unspecified atom stereocenters. The Hall–Kier alpha value is -2.10. The van der Waals surface area contributed by atoms with E-state index in [0.29, 0.717) is 13.1 Å². The van der Waals surface area contributed by atoms with Crippen LogP contribution in [0.4, 0.5) is 0 Å². The number of carbonyl (C=O) groups excluding carboxylic acids is 1. The Labute approximate surface area is 125 Å². The third-order valence-electron chi connectivity index (χ3n) is 3.89. The Balaban J connectivity index is 1.95. The first kappa shape index (κ1) is 15.3. The highest BCUT2D eigenvalue weighted by atomic mass is 16.4. The lowest BCUT2D eigenvalue weighted by Crippen LogP contribution is -2.27. The molecule has 1 aliphatic heterocycles. The molecule has 1 fully saturated rings. The number of likely N-dealkylation sites (tertiary alicyclic amines) is 1. The molecule has 1 aliphatic rings. The first-order valence-electron chi connectivity index (χ1n) is 7.21. The van der Waals surface area contributed by atoms with E-state index in [-0.39, 0.29) is 18.2 Å². The van der Waals surface area contributed by atoms with Crippen molar-refractivity contribution in [1.29, 1.82) is 0 Å². The number of aryl methyl sites for hydroxylation is 2. The standard InChI is InChI=1S/C17H21NO3/c1-12-3-4-15(13(2)9-12)5-6-16(19)18-8-7-14(11-18)10-17(20)21/h3-6,9,14H,7-8,10-11H2,1-2H3,(H,20,21).